The molecule has 0 aromatic rings. The topological polar surface area (TPSA) is 136 Å². The SMILES string of the molecule is CC(C)(C)OC(=O)NC(=NCCN1C(=O)C2C3C=CC(O3)C2C1=O)NC(=O)OC(C)(C)C. The second-order valence-electron chi connectivity index (χ2n) is 9.81. The van der Waals surface area contributed by atoms with Crippen molar-refractivity contribution >= 4 is 30.0 Å². The number of nitrogens with zero attached hydrogens (tertiary/aromatic N) is 2. The second kappa shape index (κ2) is 8.53. The number of aliphatic imine (C=N–C) groups is 1. The molecule has 0 aromatic heterocycles. The molecular weight excluding hydrogens is 420 g/mol. The van der Waals surface area contributed by atoms with Crippen LogP contribution in [0.4, 0.5) is 9.59 Å². The number of hydrogen-bond donors (Lipinski definition) is 2. The number of alkyl carbamates (subject to hydrolysis) is 2. The Morgan fingerprint density at radius 3 is 1.78 bits per heavy atom. The molecule has 11 heteroatoms. The van der Waals surface area contributed by atoms with Crippen LogP contribution in [0.15, 0.2) is 17.1 Å². The van der Waals surface area contributed by atoms with Gasteiger partial charge in [0.1, 0.15) is 11.2 Å². The van der Waals surface area contributed by atoms with E-state index in [4.69, 9.17) is 14.2 Å². The molecular formula is C21H30N4O7. The highest BCUT2D eigenvalue weighted by atomic mass is 16.6. The average Bonchev–Trinajstić information content (AvgIpc) is 3.27. The number of fused-ring (bicyclic) bond motifs is 5. The fourth-order valence-corrected chi connectivity index (χ4v) is 3.76. The van der Waals surface area contributed by atoms with Crippen molar-refractivity contribution in [2.75, 3.05) is 13.1 Å². The zero-order valence-electron chi connectivity index (χ0n) is 19.1. The number of nitrogens with one attached hydrogen (secondary N) is 2. The lowest BCUT2D eigenvalue weighted by atomic mass is 9.85. The zero-order chi connectivity index (χ0) is 23.8. The van der Waals surface area contributed by atoms with E-state index >= 15 is 0 Å². The van der Waals surface area contributed by atoms with Gasteiger partial charge in [0.05, 0.1) is 30.6 Å². The van der Waals surface area contributed by atoms with Crippen LogP contribution in [0.5, 0.6) is 0 Å². The molecule has 4 atom stereocenters. The molecule has 4 unspecified atom stereocenters. The first-order chi connectivity index (χ1) is 14.7. The molecule has 2 fully saturated rings. The molecule has 2 N–H and O–H groups in total. The molecule has 0 aliphatic carbocycles. The van der Waals surface area contributed by atoms with Gasteiger partial charge in [-0.05, 0) is 41.5 Å². The minimum atomic E-state index is -0.824. The van der Waals surface area contributed by atoms with Gasteiger partial charge in [0, 0.05) is 6.54 Å². The van der Waals surface area contributed by atoms with Crippen LogP contribution >= 0.6 is 0 Å². The van der Waals surface area contributed by atoms with Crippen molar-refractivity contribution in [1.82, 2.24) is 15.5 Å². The summed E-state index contributed by atoms with van der Waals surface area (Å²) < 4.78 is 16.0. The van der Waals surface area contributed by atoms with Gasteiger partial charge in [0.2, 0.25) is 17.8 Å². The number of hydrogen-bond acceptors (Lipinski definition) is 8. The van der Waals surface area contributed by atoms with E-state index in [1.54, 1.807) is 41.5 Å². The van der Waals surface area contributed by atoms with Crippen LogP contribution in [-0.2, 0) is 23.8 Å². The maximum atomic E-state index is 12.7. The van der Waals surface area contributed by atoms with Gasteiger partial charge in [-0.1, -0.05) is 12.2 Å². The summed E-state index contributed by atoms with van der Waals surface area (Å²) in [5, 5.41) is 4.72. The molecule has 0 aromatic carbocycles. The van der Waals surface area contributed by atoms with Gasteiger partial charge in [-0.2, -0.15) is 0 Å². The Kier molecular flexibility index (Phi) is 6.32. The van der Waals surface area contributed by atoms with Crippen LogP contribution < -0.4 is 10.6 Å². The molecule has 3 aliphatic rings. The summed E-state index contributed by atoms with van der Waals surface area (Å²) in [6.07, 6.45) is 1.24. The van der Waals surface area contributed by atoms with E-state index in [2.05, 4.69) is 15.6 Å². The predicted molar refractivity (Wildman–Crippen MR) is 113 cm³/mol. The van der Waals surface area contributed by atoms with Crippen molar-refractivity contribution in [3.05, 3.63) is 12.2 Å². The first-order valence-corrected chi connectivity index (χ1v) is 10.5. The van der Waals surface area contributed by atoms with Gasteiger partial charge < -0.3 is 14.2 Å². The first-order valence-electron chi connectivity index (χ1n) is 10.5. The minimum absolute atomic E-state index is 0.000393. The Morgan fingerprint density at radius 2 is 1.38 bits per heavy atom. The van der Waals surface area contributed by atoms with E-state index in [9.17, 15) is 19.2 Å². The Bertz CT molecular complexity index is 806. The van der Waals surface area contributed by atoms with E-state index in [1.165, 1.54) is 0 Å². The quantitative estimate of drug-likeness (QED) is 0.287. The summed E-state index contributed by atoms with van der Waals surface area (Å²) >= 11 is 0. The lowest BCUT2D eigenvalue weighted by Gasteiger charge is -2.22. The van der Waals surface area contributed by atoms with Crippen molar-refractivity contribution in [3.63, 3.8) is 0 Å². The molecule has 2 bridgehead atoms. The number of imide groups is 1. The monoisotopic (exact) mass is 450 g/mol. The number of guanidine groups is 1. The Morgan fingerprint density at radius 1 is 0.938 bits per heavy atom. The lowest BCUT2D eigenvalue weighted by Crippen LogP contribution is -2.47. The molecule has 3 aliphatic heterocycles. The van der Waals surface area contributed by atoms with Crippen molar-refractivity contribution in [2.45, 2.75) is 65.0 Å². The number of amides is 4. The number of carbonyl (C=O) groups excluding carboxylic acids is 4. The Labute approximate surface area is 186 Å². The maximum Gasteiger partial charge on any atom is 0.414 e. The first kappa shape index (κ1) is 23.7. The van der Waals surface area contributed by atoms with Crippen LogP contribution in [0.2, 0.25) is 0 Å². The van der Waals surface area contributed by atoms with Gasteiger partial charge in [0.25, 0.3) is 0 Å². The van der Waals surface area contributed by atoms with Crippen molar-refractivity contribution in [2.24, 2.45) is 16.8 Å². The number of ether oxygens (including phenoxy) is 3. The largest absolute Gasteiger partial charge is 0.444 e. The molecule has 32 heavy (non-hydrogen) atoms. The van der Waals surface area contributed by atoms with E-state index in [1.807, 2.05) is 12.2 Å². The van der Waals surface area contributed by atoms with Crippen LogP contribution in [0.1, 0.15) is 41.5 Å². The van der Waals surface area contributed by atoms with Gasteiger partial charge in [-0.15, -0.1) is 0 Å². The van der Waals surface area contributed by atoms with Crippen molar-refractivity contribution in [1.29, 1.82) is 0 Å². The third-order valence-corrected chi connectivity index (χ3v) is 4.83. The van der Waals surface area contributed by atoms with Crippen LogP contribution in [0.25, 0.3) is 0 Å². The number of likely N-dealkylation sites (tertiary alicyclic amines) is 1. The molecule has 4 amide bonds. The fourth-order valence-electron chi connectivity index (χ4n) is 3.76. The van der Waals surface area contributed by atoms with Crippen molar-refractivity contribution in [3.8, 4) is 0 Å². The fraction of sp³-hybridized carbons (Fsp3) is 0.667. The van der Waals surface area contributed by atoms with Gasteiger partial charge >= 0.3 is 12.2 Å². The third kappa shape index (κ3) is 5.45. The molecule has 176 valence electrons. The smallest absolute Gasteiger partial charge is 0.414 e. The van der Waals surface area contributed by atoms with Crippen molar-refractivity contribution < 1.29 is 33.4 Å². The summed E-state index contributed by atoms with van der Waals surface area (Å²) in [5.41, 5.74) is -1.52. The average molecular weight is 450 g/mol. The van der Waals surface area contributed by atoms with Crippen LogP contribution in [0.3, 0.4) is 0 Å². The number of carbonyl (C=O) groups is 4. The molecule has 0 saturated carbocycles. The molecule has 0 radical (unpaired) electrons. The van der Waals surface area contributed by atoms with E-state index < -0.39 is 35.2 Å². The highest BCUT2D eigenvalue weighted by Gasteiger charge is 2.60. The molecule has 3 heterocycles. The summed E-state index contributed by atoms with van der Waals surface area (Å²) in [6.45, 7) is 10.1. The van der Waals surface area contributed by atoms with E-state index in [0.29, 0.717) is 0 Å². The predicted octanol–water partition coefficient (Wildman–Crippen LogP) is 1.33. The van der Waals surface area contributed by atoms with Crippen LogP contribution in [0, 0.1) is 11.8 Å². The highest BCUT2D eigenvalue weighted by Crippen LogP contribution is 2.44. The maximum absolute atomic E-state index is 12.7. The molecule has 2 saturated heterocycles. The molecule has 11 nitrogen and oxygen atoms in total. The summed E-state index contributed by atoms with van der Waals surface area (Å²) in [7, 11) is 0. The summed E-state index contributed by atoms with van der Waals surface area (Å²) in [5.74, 6) is -1.80. The third-order valence-electron chi connectivity index (χ3n) is 4.83. The summed E-state index contributed by atoms with van der Waals surface area (Å²) in [4.78, 5) is 54.9. The number of rotatable bonds is 3. The van der Waals surface area contributed by atoms with Gasteiger partial charge in [0.15, 0.2) is 0 Å². The van der Waals surface area contributed by atoms with Gasteiger partial charge in [-0.3, -0.25) is 30.1 Å². The molecule has 3 rings (SSSR count). The highest BCUT2D eigenvalue weighted by molar-refractivity contribution is 6.07. The normalized spacial score (nSPS) is 26.1. The zero-order valence-corrected chi connectivity index (χ0v) is 19.1. The van der Waals surface area contributed by atoms with E-state index in [0.717, 1.165) is 4.90 Å². The molecule has 0 spiro atoms. The Hall–Kier alpha value is -2.95. The minimum Gasteiger partial charge on any atom is -0.444 e. The summed E-state index contributed by atoms with van der Waals surface area (Å²) in [6, 6.07) is 0. The second-order valence-corrected chi connectivity index (χ2v) is 9.81. The lowest BCUT2D eigenvalue weighted by molar-refractivity contribution is -0.142. The van der Waals surface area contributed by atoms with E-state index in [-0.39, 0.29) is 43.1 Å². The Balaban J connectivity index is 1.64. The standard InChI is InChI=1S/C21H30N4O7/c1-20(2,3)31-18(28)23-17(24-19(29)32-21(4,5)6)22-9-10-25-15(26)13-11-7-8-12(30-11)14(13)16(25)27/h7-8,11-14H,9-10H2,1-6H3,(H2,22,23,24,28,29). The van der Waals surface area contributed by atoms with Gasteiger partial charge in [-0.25, -0.2) is 9.59 Å². The van der Waals surface area contributed by atoms with Crippen LogP contribution in [-0.4, -0.2) is 71.4 Å².